The molecule has 2 aromatic carbocycles. The maximum atomic E-state index is 12.7. The molecule has 3 atom stereocenters. The molecule has 0 bridgehead atoms. The van der Waals surface area contributed by atoms with Crippen LogP contribution < -0.4 is 0 Å². The second kappa shape index (κ2) is 6.14. The lowest BCUT2D eigenvalue weighted by molar-refractivity contribution is -0.141. The van der Waals surface area contributed by atoms with Crippen molar-refractivity contribution in [1.82, 2.24) is 0 Å². The fourth-order valence-electron chi connectivity index (χ4n) is 3.19. The van der Waals surface area contributed by atoms with Gasteiger partial charge in [0, 0.05) is 17.9 Å². The van der Waals surface area contributed by atoms with Crippen LogP contribution in [0.3, 0.4) is 0 Å². The molecule has 1 saturated carbocycles. The molecule has 1 fully saturated rings. The molecule has 0 heterocycles. The molecule has 0 radical (unpaired) electrons. The highest BCUT2D eigenvalue weighted by atomic mass is 16.5. The van der Waals surface area contributed by atoms with Gasteiger partial charge >= 0.3 is 5.97 Å². The van der Waals surface area contributed by atoms with E-state index in [0.717, 1.165) is 5.56 Å². The third-order valence-electron chi connectivity index (χ3n) is 4.34. The van der Waals surface area contributed by atoms with Gasteiger partial charge in [0.15, 0.2) is 5.78 Å². The summed E-state index contributed by atoms with van der Waals surface area (Å²) in [6.45, 7) is 0. The smallest absolute Gasteiger partial charge is 0.305 e. The lowest BCUT2D eigenvalue weighted by atomic mass is 10.0. The van der Waals surface area contributed by atoms with Crippen molar-refractivity contribution in [1.29, 1.82) is 0 Å². The zero-order valence-electron chi connectivity index (χ0n) is 12.4. The summed E-state index contributed by atoms with van der Waals surface area (Å²) < 4.78 is 4.77. The van der Waals surface area contributed by atoms with E-state index in [4.69, 9.17) is 4.74 Å². The van der Waals surface area contributed by atoms with E-state index < -0.39 is 0 Å². The van der Waals surface area contributed by atoms with Crippen molar-refractivity contribution in [2.75, 3.05) is 7.11 Å². The van der Waals surface area contributed by atoms with Crippen molar-refractivity contribution in [2.45, 2.75) is 12.3 Å². The Hall–Kier alpha value is -2.42. The first-order valence-corrected chi connectivity index (χ1v) is 7.43. The molecule has 22 heavy (non-hydrogen) atoms. The van der Waals surface area contributed by atoms with Gasteiger partial charge in [0.2, 0.25) is 0 Å². The van der Waals surface area contributed by atoms with Crippen LogP contribution in [-0.4, -0.2) is 18.9 Å². The third kappa shape index (κ3) is 2.80. The monoisotopic (exact) mass is 294 g/mol. The van der Waals surface area contributed by atoms with Crippen LogP contribution in [0.15, 0.2) is 60.7 Å². The normalized spacial score (nSPS) is 22.9. The van der Waals surface area contributed by atoms with E-state index in [9.17, 15) is 9.59 Å². The van der Waals surface area contributed by atoms with Gasteiger partial charge in [-0.05, 0) is 17.4 Å². The molecule has 0 N–H and O–H groups in total. The Labute approximate surface area is 129 Å². The molecule has 112 valence electrons. The van der Waals surface area contributed by atoms with E-state index in [-0.39, 0.29) is 29.5 Å². The van der Waals surface area contributed by atoms with E-state index in [2.05, 4.69) is 0 Å². The van der Waals surface area contributed by atoms with Crippen LogP contribution in [0.25, 0.3) is 0 Å². The largest absolute Gasteiger partial charge is 0.469 e. The van der Waals surface area contributed by atoms with Gasteiger partial charge in [-0.3, -0.25) is 9.59 Å². The summed E-state index contributed by atoms with van der Waals surface area (Å²) in [7, 11) is 1.39. The van der Waals surface area contributed by atoms with E-state index in [1.165, 1.54) is 7.11 Å². The number of Topliss-reactive ketones (excluding diaryl/α,β-unsaturated/α-hetero) is 1. The van der Waals surface area contributed by atoms with E-state index in [1.807, 2.05) is 60.7 Å². The van der Waals surface area contributed by atoms with Crippen LogP contribution in [0, 0.1) is 11.8 Å². The van der Waals surface area contributed by atoms with Crippen molar-refractivity contribution < 1.29 is 14.3 Å². The fourth-order valence-corrected chi connectivity index (χ4v) is 3.19. The summed E-state index contributed by atoms with van der Waals surface area (Å²) in [6.07, 6.45) is 0.291. The molecule has 0 unspecified atom stereocenters. The zero-order valence-corrected chi connectivity index (χ0v) is 12.4. The van der Waals surface area contributed by atoms with Crippen LogP contribution in [0.5, 0.6) is 0 Å². The average Bonchev–Trinajstić information content (AvgIpc) is 3.29. The molecule has 2 aromatic rings. The van der Waals surface area contributed by atoms with Gasteiger partial charge in [-0.1, -0.05) is 60.7 Å². The zero-order chi connectivity index (χ0) is 15.5. The van der Waals surface area contributed by atoms with Crippen molar-refractivity contribution in [3.05, 3.63) is 71.8 Å². The van der Waals surface area contributed by atoms with Gasteiger partial charge in [-0.2, -0.15) is 0 Å². The Morgan fingerprint density at radius 3 is 2.14 bits per heavy atom. The highest BCUT2D eigenvalue weighted by Gasteiger charge is 2.55. The first-order chi connectivity index (χ1) is 10.7. The van der Waals surface area contributed by atoms with Crippen LogP contribution in [-0.2, 0) is 9.53 Å². The minimum Gasteiger partial charge on any atom is -0.469 e. The van der Waals surface area contributed by atoms with Crippen molar-refractivity contribution in [2.24, 2.45) is 11.8 Å². The van der Waals surface area contributed by atoms with Crippen molar-refractivity contribution >= 4 is 11.8 Å². The van der Waals surface area contributed by atoms with Gasteiger partial charge in [0.25, 0.3) is 0 Å². The minimum absolute atomic E-state index is 0.0301. The SMILES string of the molecule is COC(=O)C[C@H]1[C@H](C(=O)c2ccccc2)[C@H]1c1ccccc1. The topological polar surface area (TPSA) is 43.4 Å². The molecular weight excluding hydrogens is 276 g/mol. The maximum absolute atomic E-state index is 12.7. The summed E-state index contributed by atoms with van der Waals surface area (Å²) in [5.74, 6) is -0.142. The first-order valence-electron chi connectivity index (χ1n) is 7.43. The number of carbonyl (C=O) groups excluding carboxylic acids is 2. The number of esters is 1. The second-order valence-electron chi connectivity index (χ2n) is 5.64. The Kier molecular flexibility index (Phi) is 4.05. The number of hydrogen-bond acceptors (Lipinski definition) is 3. The van der Waals surface area contributed by atoms with Gasteiger partial charge in [0.1, 0.15) is 0 Å². The van der Waals surface area contributed by atoms with E-state index in [0.29, 0.717) is 12.0 Å². The second-order valence-corrected chi connectivity index (χ2v) is 5.64. The summed E-state index contributed by atoms with van der Waals surface area (Å²) in [5, 5.41) is 0. The third-order valence-corrected chi connectivity index (χ3v) is 4.34. The number of methoxy groups -OCH3 is 1. The molecule has 3 rings (SSSR count). The Morgan fingerprint density at radius 1 is 0.955 bits per heavy atom. The van der Waals surface area contributed by atoms with E-state index in [1.54, 1.807) is 0 Å². The predicted octanol–water partition coefficient (Wildman–Crippen LogP) is 3.46. The number of rotatable bonds is 5. The van der Waals surface area contributed by atoms with Crippen LogP contribution >= 0.6 is 0 Å². The minimum atomic E-state index is -0.255. The molecular formula is C19H18O3. The summed E-state index contributed by atoms with van der Waals surface area (Å²) in [4.78, 5) is 24.3. The molecule has 0 aromatic heterocycles. The fraction of sp³-hybridized carbons (Fsp3) is 0.263. The first kappa shape index (κ1) is 14.5. The number of benzene rings is 2. The van der Waals surface area contributed by atoms with Gasteiger partial charge in [-0.15, -0.1) is 0 Å². The Balaban J connectivity index is 1.84. The van der Waals surface area contributed by atoms with Crippen molar-refractivity contribution in [3.8, 4) is 0 Å². The summed E-state index contributed by atoms with van der Waals surface area (Å²) >= 11 is 0. The van der Waals surface area contributed by atoms with Crippen LogP contribution in [0.4, 0.5) is 0 Å². The Bertz CT molecular complexity index is 664. The number of ether oxygens (including phenoxy) is 1. The molecule has 3 heteroatoms. The van der Waals surface area contributed by atoms with Crippen LogP contribution in [0.2, 0.25) is 0 Å². The number of hydrogen-bond donors (Lipinski definition) is 0. The molecule has 3 nitrogen and oxygen atoms in total. The molecule has 1 aliphatic rings. The van der Waals surface area contributed by atoms with Gasteiger partial charge in [0.05, 0.1) is 7.11 Å². The molecule has 0 aliphatic heterocycles. The highest BCUT2D eigenvalue weighted by Crippen LogP contribution is 2.57. The predicted molar refractivity (Wildman–Crippen MR) is 83.6 cm³/mol. The van der Waals surface area contributed by atoms with Gasteiger partial charge < -0.3 is 4.74 Å². The quantitative estimate of drug-likeness (QED) is 0.626. The molecule has 0 spiro atoms. The van der Waals surface area contributed by atoms with Gasteiger partial charge in [-0.25, -0.2) is 0 Å². The van der Waals surface area contributed by atoms with E-state index >= 15 is 0 Å². The summed E-state index contributed by atoms with van der Waals surface area (Å²) in [5.41, 5.74) is 1.83. The lowest BCUT2D eigenvalue weighted by Gasteiger charge is -2.00. The highest BCUT2D eigenvalue weighted by molar-refractivity contribution is 6.01. The molecule has 0 amide bonds. The maximum Gasteiger partial charge on any atom is 0.305 e. The number of ketones is 1. The van der Waals surface area contributed by atoms with Crippen molar-refractivity contribution in [3.63, 3.8) is 0 Å². The summed E-state index contributed by atoms with van der Waals surface area (Å²) in [6, 6.07) is 19.2. The Morgan fingerprint density at radius 2 is 1.55 bits per heavy atom. The molecule has 0 saturated heterocycles. The molecule has 1 aliphatic carbocycles. The van der Waals surface area contributed by atoms with Crippen LogP contribution in [0.1, 0.15) is 28.3 Å². The standard InChI is InChI=1S/C19H18O3/c1-22-16(20)12-15-17(13-8-4-2-5-9-13)18(15)19(21)14-10-6-3-7-11-14/h2-11,15,17-18H,12H2,1H3/t15-,17+,18+/m1/s1. The average molecular weight is 294 g/mol. The number of carbonyl (C=O) groups is 2. The lowest BCUT2D eigenvalue weighted by Crippen LogP contribution is -2.07.